The van der Waals surface area contributed by atoms with Gasteiger partial charge in [0, 0.05) is 29.4 Å². The van der Waals surface area contributed by atoms with Crippen LogP contribution in [-0.4, -0.2) is 40.1 Å². The van der Waals surface area contributed by atoms with Crippen LogP contribution in [0.1, 0.15) is 31.9 Å². The second-order valence-electron chi connectivity index (χ2n) is 9.18. The topological polar surface area (TPSA) is 88.2 Å². The monoisotopic (exact) mass is 480 g/mol. The molecule has 0 saturated heterocycles. The molecule has 4 rings (SSSR count). The van der Waals surface area contributed by atoms with E-state index in [2.05, 4.69) is 0 Å². The van der Waals surface area contributed by atoms with Gasteiger partial charge in [0.1, 0.15) is 23.1 Å². The minimum atomic E-state index is -0.544. The van der Waals surface area contributed by atoms with Gasteiger partial charge >= 0.3 is 0 Å². The zero-order valence-corrected chi connectivity index (χ0v) is 21.1. The number of rotatable bonds is 6. The van der Waals surface area contributed by atoms with E-state index in [0.29, 0.717) is 22.4 Å². The van der Waals surface area contributed by atoms with Gasteiger partial charge in [-0.25, -0.2) is 4.68 Å². The Kier molecular flexibility index (Phi) is 6.89. The van der Waals surface area contributed by atoms with Crippen molar-refractivity contribution in [3.63, 3.8) is 0 Å². The van der Waals surface area contributed by atoms with Crippen molar-refractivity contribution in [2.75, 3.05) is 13.7 Å². The fraction of sp³-hybridized carbons (Fsp3) is 0.241. The largest absolute Gasteiger partial charge is 0.497 e. The lowest BCUT2D eigenvalue weighted by molar-refractivity contribution is -0.141. The average molecular weight is 481 g/mol. The summed E-state index contributed by atoms with van der Waals surface area (Å²) in [6.07, 6.45) is 3.59. The maximum atomic E-state index is 13.5. The van der Waals surface area contributed by atoms with Gasteiger partial charge in [-0.1, -0.05) is 32.0 Å². The van der Waals surface area contributed by atoms with Crippen molar-refractivity contribution in [2.45, 2.75) is 27.7 Å². The third kappa shape index (κ3) is 4.58. The van der Waals surface area contributed by atoms with Crippen molar-refractivity contribution in [1.29, 1.82) is 5.26 Å². The van der Waals surface area contributed by atoms with Crippen LogP contribution in [0.3, 0.4) is 0 Å². The summed E-state index contributed by atoms with van der Waals surface area (Å²) in [6.45, 7) is 7.71. The molecule has 7 heteroatoms. The van der Waals surface area contributed by atoms with Gasteiger partial charge in [-0.3, -0.25) is 14.5 Å². The molecule has 2 heterocycles. The number of aromatic nitrogens is 2. The lowest BCUT2D eigenvalue weighted by Crippen LogP contribution is -2.44. The first-order valence-electron chi connectivity index (χ1n) is 11.7. The van der Waals surface area contributed by atoms with E-state index < -0.39 is 11.8 Å². The number of carbonyl (C=O) groups excluding carboxylic acids is 2. The molecule has 1 aromatic heterocycles. The van der Waals surface area contributed by atoms with Gasteiger partial charge in [0.05, 0.1) is 12.8 Å². The van der Waals surface area contributed by atoms with Gasteiger partial charge in [-0.05, 0) is 67.3 Å². The summed E-state index contributed by atoms with van der Waals surface area (Å²) >= 11 is 0. The number of amides is 2. The summed E-state index contributed by atoms with van der Waals surface area (Å²) in [5.74, 6) is -0.149. The molecule has 0 bridgehead atoms. The van der Waals surface area contributed by atoms with Crippen molar-refractivity contribution in [1.82, 2.24) is 14.7 Å². The number of ether oxygens (including phenoxy) is 1. The highest BCUT2D eigenvalue weighted by atomic mass is 16.5. The molecule has 0 spiro atoms. The van der Waals surface area contributed by atoms with Gasteiger partial charge in [-0.2, -0.15) is 10.4 Å². The maximum Gasteiger partial charge on any atom is 0.271 e. The molecule has 182 valence electrons. The van der Waals surface area contributed by atoms with Crippen molar-refractivity contribution < 1.29 is 14.3 Å². The Hall–Kier alpha value is -4.44. The van der Waals surface area contributed by atoms with Crippen LogP contribution in [0.2, 0.25) is 0 Å². The predicted octanol–water partition coefficient (Wildman–Crippen LogP) is 5.10. The number of aryl methyl sites for hydroxylation is 1. The van der Waals surface area contributed by atoms with E-state index in [4.69, 9.17) is 9.84 Å². The Morgan fingerprint density at radius 1 is 1.08 bits per heavy atom. The van der Waals surface area contributed by atoms with E-state index >= 15 is 0 Å². The molecule has 2 amide bonds. The lowest BCUT2D eigenvalue weighted by atomic mass is 9.92. The van der Waals surface area contributed by atoms with Crippen molar-refractivity contribution >= 4 is 17.9 Å². The fourth-order valence-electron chi connectivity index (χ4n) is 4.26. The molecule has 0 radical (unpaired) electrons. The standard InChI is InChI=1S/C29H28N4O3/c1-18(2)16-32-28(34)25(20(4)26(15-30)29(32)35)14-21-17-33(22-9-7-6-8-10-22)31-27(21)24-12-11-23(36-5)13-19(24)3/h6-14,17-18H,16H2,1-5H3/b25-14+. The highest BCUT2D eigenvalue weighted by Crippen LogP contribution is 2.33. The Morgan fingerprint density at radius 2 is 1.81 bits per heavy atom. The van der Waals surface area contributed by atoms with Gasteiger partial charge < -0.3 is 4.74 Å². The van der Waals surface area contributed by atoms with Gasteiger partial charge in [0.2, 0.25) is 0 Å². The van der Waals surface area contributed by atoms with Crippen LogP contribution in [-0.2, 0) is 9.59 Å². The molecule has 1 aliphatic heterocycles. The molecule has 0 N–H and O–H groups in total. The first kappa shape index (κ1) is 24.7. The predicted molar refractivity (Wildman–Crippen MR) is 138 cm³/mol. The van der Waals surface area contributed by atoms with Crippen LogP contribution in [0.4, 0.5) is 0 Å². The smallest absolute Gasteiger partial charge is 0.271 e. The van der Waals surface area contributed by atoms with Crippen LogP contribution in [0.25, 0.3) is 23.0 Å². The zero-order valence-electron chi connectivity index (χ0n) is 21.1. The molecular weight excluding hydrogens is 452 g/mol. The first-order valence-corrected chi connectivity index (χ1v) is 11.7. The summed E-state index contributed by atoms with van der Waals surface area (Å²) in [5, 5.41) is 14.6. The van der Waals surface area contributed by atoms with E-state index in [-0.39, 0.29) is 18.0 Å². The number of carbonyl (C=O) groups is 2. The fourth-order valence-corrected chi connectivity index (χ4v) is 4.26. The number of benzene rings is 2. The molecule has 0 atom stereocenters. The summed E-state index contributed by atoms with van der Waals surface area (Å²) in [7, 11) is 1.62. The van der Waals surface area contributed by atoms with Crippen molar-refractivity contribution in [3.05, 3.63) is 82.6 Å². The number of imide groups is 1. The number of nitrogens with zero attached hydrogens (tertiary/aromatic N) is 4. The lowest BCUT2D eigenvalue weighted by Gasteiger charge is -2.28. The second-order valence-corrected chi connectivity index (χ2v) is 9.18. The maximum absolute atomic E-state index is 13.5. The van der Waals surface area contributed by atoms with E-state index in [1.54, 1.807) is 24.8 Å². The van der Waals surface area contributed by atoms with Crippen LogP contribution in [0, 0.1) is 24.2 Å². The number of hydrogen-bond acceptors (Lipinski definition) is 5. The Balaban J connectivity index is 1.94. The Bertz CT molecular complexity index is 1440. The number of para-hydroxylation sites is 1. The molecule has 36 heavy (non-hydrogen) atoms. The second kappa shape index (κ2) is 10.0. The minimum absolute atomic E-state index is 0.0147. The van der Waals surface area contributed by atoms with Crippen LogP contribution in [0.15, 0.2) is 71.4 Å². The van der Waals surface area contributed by atoms with Gasteiger partial charge in [0.25, 0.3) is 11.8 Å². The van der Waals surface area contributed by atoms with E-state index in [0.717, 1.165) is 22.6 Å². The number of hydrogen-bond donors (Lipinski definition) is 0. The molecule has 0 saturated carbocycles. The molecule has 0 aliphatic carbocycles. The molecule has 0 fully saturated rings. The van der Waals surface area contributed by atoms with E-state index in [1.165, 1.54) is 4.90 Å². The summed E-state index contributed by atoms with van der Waals surface area (Å²) in [4.78, 5) is 27.5. The normalized spacial score (nSPS) is 15.1. The van der Waals surface area contributed by atoms with Gasteiger partial charge in [-0.15, -0.1) is 0 Å². The van der Waals surface area contributed by atoms with Gasteiger partial charge in [0.15, 0.2) is 0 Å². The molecule has 3 aromatic rings. The van der Waals surface area contributed by atoms with Crippen LogP contribution >= 0.6 is 0 Å². The Labute approximate surface area is 210 Å². The molecule has 1 aliphatic rings. The number of methoxy groups -OCH3 is 1. The minimum Gasteiger partial charge on any atom is -0.497 e. The Morgan fingerprint density at radius 3 is 2.42 bits per heavy atom. The highest BCUT2D eigenvalue weighted by Gasteiger charge is 2.36. The van der Waals surface area contributed by atoms with Crippen LogP contribution in [0.5, 0.6) is 5.75 Å². The molecular formula is C29H28N4O3. The highest BCUT2D eigenvalue weighted by molar-refractivity contribution is 6.19. The summed E-state index contributed by atoms with van der Waals surface area (Å²) < 4.78 is 7.13. The summed E-state index contributed by atoms with van der Waals surface area (Å²) in [6, 6.07) is 17.4. The molecule has 7 nitrogen and oxygen atoms in total. The average Bonchev–Trinajstić information content (AvgIpc) is 3.28. The third-order valence-electron chi connectivity index (χ3n) is 6.12. The van der Waals surface area contributed by atoms with Crippen molar-refractivity contribution in [3.8, 4) is 28.8 Å². The SMILES string of the molecule is COc1ccc(-c2nn(-c3ccccc3)cc2/C=C2/C(=O)N(CC(C)C)C(=O)C(C#N)=C2C)c(C)c1. The third-order valence-corrected chi connectivity index (χ3v) is 6.12. The van der Waals surface area contributed by atoms with Crippen molar-refractivity contribution in [2.24, 2.45) is 5.92 Å². The van der Waals surface area contributed by atoms with E-state index in [9.17, 15) is 14.9 Å². The van der Waals surface area contributed by atoms with Crippen LogP contribution < -0.4 is 4.74 Å². The molecule has 2 aromatic carbocycles. The molecule has 0 unspecified atom stereocenters. The first-order chi connectivity index (χ1) is 17.2. The summed E-state index contributed by atoms with van der Waals surface area (Å²) in [5.41, 5.74) is 4.76. The number of nitriles is 1. The zero-order chi connectivity index (χ0) is 26.0. The quantitative estimate of drug-likeness (QED) is 0.362. The van der Waals surface area contributed by atoms with E-state index in [1.807, 2.05) is 81.6 Å².